The van der Waals surface area contributed by atoms with Crippen molar-refractivity contribution in [1.29, 1.82) is 0 Å². The Morgan fingerprint density at radius 3 is 2.15 bits per heavy atom. The van der Waals surface area contributed by atoms with Crippen molar-refractivity contribution in [3.05, 3.63) is 17.8 Å². The number of carbonyl (C=O) groups is 1. The van der Waals surface area contributed by atoms with Crippen molar-refractivity contribution < 1.29 is 41.0 Å². The number of hydrogen-bond acceptors (Lipinski definition) is 4. The number of pyridine rings is 1. The van der Waals surface area contributed by atoms with Crippen LogP contribution in [-0.2, 0) is 0 Å². The first-order valence-electron chi connectivity index (χ1n) is 4.72. The Balaban J connectivity index is 3.22. The molecule has 0 aliphatic heterocycles. The van der Waals surface area contributed by atoms with E-state index in [2.05, 4.69) is 9.72 Å². The van der Waals surface area contributed by atoms with Gasteiger partial charge in [-0.3, -0.25) is 0 Å². The van der Waals surface area contributed by atoms with Crippen molar-refractivity contribution in [3.8, 4) is 5.88 Å². The summed E-state index contributed by atoms with van der Waals surface area (Å²) in [7, 11) is 0. The highest BCUT2D eigenvalue weighted by atomic mass is 19.4. The van der Waals surface area contributed by atoms with Gasteiger partial charge in [-0.25, -0.2) is 9.78 Å². The van der Waals surface area contributed by atoms with Gasteiger partial charge in [0.2, 0.25) is 5.88 Å². The number of aromatic carboxylic acids is 1. The highest BCUT2D eigenvalue weighted by molar-refractivity contribution is 5.91. The van der Waals surface area contributed by atoms with Gasteiger partial charge in [0.05, 0.1) is 11.9 Å². The summed E-state index contributed by atoms with van der Waals surface area (Å²) in [5.41, 5.74) is 3.87. The number of nitrogens with zero attached hydrogens (tertiary/aromatic N) is 1. The summed E-state index contributed by atoms with van der Waals surface area (Å²) in [5.74, 6) is -3.16. The number of carboxylic acid groups (broad SMARTS) is 1. The number of carboxylic acids is 1. The molecule has 0 bridgehead atoms. The van der Waals surface area contributed by atoms with Gasteiger partial charge in [-0.15, -0.1) is 0 Å². The Bertz CT molecular complexity index is 499. The molecule has 11 heteroatoms. The van der Waals surface area contributed by atoms with Crippen LogP contribution in [0.3, 0.4) is 0 Å². The monoisotopic (exact) mass is 304 g/mol. The molecule has 0 spiro atoms. The molecule has 0 amide bonds. The smallest absolute Gasteiger partial charge is 0.434 e. The zero-order chi connectivity index (χ0) is 15.7. The van der Waals surface area contributed by atoms with Crippen LogP contribution in [0.2, 0.25) is 0 Å². The number of alkyl halides is 6. The van der Waals surface area contributed by atoms with Crippen molar-refractivity contribution in [2.24, 2.45) is 0 Å². The van der Waals surface area contributed by atoms with E-state index in [4.69, 9.17) is 10.8 Å². The maximum Gasteiger partial charge on any atom is 0.434 e. The molecule has 0 saturated carbocycles. The summed E-state index contributed by atoms with van der Waals surface area (Å²) in [5, 5.41) is 8.67. The van der Waals surface area contributed by atoms with Crippen LogP contribution in [0.1, 0.15) is 10.4 Å². The lowest BCUT2D eigenvalue weighted by Crippen LogP contribution is -2.47. The molecule has 0 atom stereocenters. The Hall–Kier alpha value is -2.20. The Labute approximate surface area is 107 Å². The predicted octanol–water partition coefficient (Wildman–Crippen LogP) is 2.23. The van der Waals surface area contributed by atoms with E-state index in [0.29, 0.717) is 12.3 Å². The molecule has 0 aromatic carbocycles. The molecular weight excluding hydrogens is 298 g/mol. The van der Waals surface area contributed by atoms with Crippen LogP contribution in [0.15, 0.2) is 12.3 Å². The number of aromatic nitrogens is 1. The largest absolute Gasteiger partial charge is 0.477 e. The molecule has 0 fully saturated rings. The van der Waals surface area contributed by atoms with Gasteiger partial charge in [0, 0.05) is 0 Å². The molecule has 1 rings (SSSR count). The number of ether oxygens (including phenoxy) is 1. The van der Waals surface area contributed by atoms with Crippen molar-refractivity contribution in [2.75, 3.05) is 5.73 Å². The zero-order valence-corrected chi connectivity index (χ0v) is 9.29. The third-order valence-electron chi connectivity index (χ3n) is 1.93. The number of hydrogen-bond donors (Lipinski definition) is 2. The molecule has 0 aliphatic carbocycles. The molecule has 1 aromatic heterocycles. The fourth-order valence-corrected chi connectivity index (χ4v) is 1.15. The first-order valence-corrected chi connectivity index (χ1v) is 4.72. The van der Waals surface area contributed by atoms with E-state index in [1.54, 1.807) is 0 Å². The van der Waals surface area contributed by atoms with Gasteiger partial charge in [-0.2, -0.15) is 26.3 Å². The molecule has 1 aromatic rings. The minimum Gasteiger partial charge on any atom is -0.477 e. The molecule has 20 heavy (non-hydrogen) atoms. The molecule has 0 aliphatic rings. The fourth-order valence-electron chi connectivity index (χ4n) is 1.15. The van der Waals surface area contributed by atoms with E-state index < -0.39 is 35.9 Å². The fraction of sp³-hybridized carbons (Fsp3) is 0.333. The lowest BCUT2D eigenvalue weighted by Gasteiger charge is -2.23. The zero-order valence-electron chi connectivity index (χ0n) is 9.29. The highest BCUT2D eigenvalue weighted by Gasteiger charge is 2.59. The molecule has 0 radical (unpaired) electrons. The maximum absolute atomic E-state index is 12.3. The van der Waals surface area contributed by atoms with Gasteiger partial charge in [0.15, 0.2) is 0 Å². The van der Waals surface area contributed by atoms with Crippen LogP contribution >= 0.6 is 0 Å². The number of nitrogen functional groups attached to an aromatic ring is 1. The second-order valence-electron chi connectivity index (χ2n) is 3.51. The Kier molecular flexibility index (Phi) is 4.01. The van der Waals surface area contributed by atoms with Gasteiger partial charge < -0.3 is 15.6 Å². The van der Waals surface area contributed by atoms with Crippen molar-refractivity contribution >= 4 is 11.7 Å². The summed E-state index contributed by atoms with van der Waals surface area (Å²) in [6, 6.07) is 0.633. The lowest BCUT2D eigenvalue weighted by molar-refractivity contribution is -0.300. The average molecular weight is 304 g/mol. The Morgan fingerprint density at radius 2 is 1.75 bits per heavy atom. The quantitative estimate of drug-likeness (QED) is 0.836. The minimum atomic E-state index is -5.78. The normalized spacial score (nSPS) is 12.6. The second-order valence-corrected chi connectivity index (χ2v) is 3.51. The lowest BCUT2D eigenvalue weighted by atomic mass is 10.2. The summed E-state index contributed by atoms with van der Waals surface area (Å²) < 4.78 is 77.3. The van der Waals surface area contributed by atoms with Crippen LogP contribution in [-0.4, -0.2) is 34.5 Å². The van der Waals surface area contributed by atoms with Crippen LogP contribution in [0.5, 0.6) is 5.88 Å². The topological polar surface area (TPSA) is 85.4 Å². The van der Waals surface area contributed by atoms with Crippen LogP contribution in [0, 0.1) is 0 Å². The van der Waals surface area contributed by atoms with Crippen molar-refractivity contribution in [3.63, 3.8) is 0 Å². The van der Waals surface area contributed by atoms with Gasteiger partial charge in [-0.05, 0) is 6.07 Å². The van der Waals surface area contributed by atoms with Gasteiger partial charge >= 0.3 is 18.3 Å². The summed E-state index contributed by atoms with van der Waals surface area (Å²) in [6.07, 6.45) is -15.1. The van der Waals surface area contributed by atoms with Crippen molar-refractivity contribution in [1.82, 2.24) is 4.98 Å². The first kappa shape index (κ1) is 15.9. The average Bonchev–Trinajstić information content (AvgIpc) is 2.23. The maximum atomic E-state index is 12.3. The molecule has 3 N–H and O–H groups in total. The molecule has 1 heterocycles. The van der Waals surface area contributed by atoms with E-state index in [1.165, 1.54) is 0 Å². The van der Waals surface area contributed by atoms with Gasteiger partial charge in [0.25, 0.3) is 6.10 Å². The van der Waals surface area contributed by atoms with E-state index >= 15 is 0 Å². The van der Waals surface area contributed by atoms with Gasteiger partial charge in [-0.1, -0.05) is 0 Å². The second kappa shape index (κ2) is 5.06. The number of halogens is 6. The predicted molar refractivity (Wildman–Crippen MR) is 52.1 cm³/mol. The summed E-state index contributed by atoms with van der Waals surface area (Å²) in [6.45, 7) is 0. The molecule has 0 unspecified atom stereocenters. The van der Waals surface area contributed by atoms with Crippen LogP contribution < -0.4 is 10.5 Å². The third kappa shape index (κ3) is 3.65. The van der Waals surface area contributed by atoms with E-state index in [0.717, 1.165) is 0 Å². The number of anilines is 1. The molecule has 0 saturated heterocycles. The third-order valence-corrected chi connectivity index (χ3v) is 1.93. The van der Waals surface area contributed by atoms with Crippen LogP contribution in [0.25, 0.3) is 0 Å². The molecular formula is C9H6F6N2O3. The summed E-state index contributed by atoms with van der Waals surface area (Å²) in [4.78, 5) is 13.8. The van der Waals surface area contributed by atoms with E-state index in [1.807, 2.05) is 0 Å². The van der Waals surface area contributed by atoms with Crippen LogP contribution in [0.4, 0.5) is 32.0 Å². The highest BCUT2D eigenvalue weighted by Crippen LogP contribution is 2.36. The first-order chi connectivity index (χ1) is 8.93. The van der Waals surface area contributed by atoms with Crippen molar-refractivity contribution in [2.45, 2.75) is 18.5 Å². The number of rotatable bonds is 3. The number of nitrogens with two attached hydrogens (primary N) is 1. The van der Waals surface area contributed by atoms with E-state index in [9.17, 15) is 31.1 Å². The van der Waals surface area contributed by atoms with E-state index in [-0.39, 0.29) is 5.69 Å². The van der Waals surface area contributed by atoms with Gasteiger partial charge in [0.1, 0.15) is 5.56 Å². The standard InChI is InChI=1S/C9H6F6N2O3/c10-8(11,12)7(9(13,14)15)20-5-4(6(18)19)1-3(16)2-17-5/h1-2,7H,16H2,(H,18,19). The Morgan fingerprint density at radius 1 is 1.25 bits per heavy atom. The minimum absolute atomic E-state index is 0.259. The molecule has 5 nitrogen and oxygen atoms in total. The summed E-state index contributed by atoms with van der Waals surface area (Å²) >= 11 is 0. The SMILES string of the molecule is Nc1cnc(OC(C(F)(F)F)C(F)(F)F)c(C(=O)O)c1. The molecule has 112 valence electrons.